The Morgan fingerprint density at radius 3 is 2.78 bits per heavy atom. The number of rotatable bonds is 7. The summed E-state index contributed by atoms with van der Waals surface area (Å²) in [6.45, 7) is 5.50. The highest BCUT2D eigenvalue weighted by molar-refractivity contribution is 5.79. The smallest absolute Gasteiger partial charge is 0.191 e. The number of benzene rings is 1. The normalized spacial score (nSPS) is 19.9. The Balaban J connectivity index is 1.28. The number of hydrogen-bond donors (Lipinski definition) is 2. The number of nitrogens with zero attached hydrogens (tertiary/aromatic N) is 5. The number of aromatic nitrogens is 3. The highest BCUT2D eigenvalue weighted by atomic mass is 16.5. The molecular weight excluding hydrogens is 402 g/mol. The lowest BCUT2D eigenvalue weighted by atomic mass is 10.1. The van der Waals surface area contributed by atoms with Crippen LogP contribution < -0.4 is 10.6 Å². The van der Waals surface area contributed by atoms with Crippen LogP contribution in [-0.4, -0.2) is 58.9 Å². The number of ether oxygens (including phenoxy) is 1. The van der Waals surface area contributed by atoms with Crippen molar-refractivity contribution in [2.45, 2.75) is 70.8 Å². The topological polar surface area (TPSA) is 79.6 Å². The molecule has 4 rings (SSSR count). The van der Waals surface area contributed by atoms with Gasteiger partial charge in [0.2, 0.25) is 0 Å². The summed E-state index contributed by atoms with van der Waals surface area (Å²) in [5, 5.41) is 11.6. The maximum atomic E-state index is 5.16. The van der Waals surface area contributed by atoms with Gasteiger partial charge in [-0.1, -0.05) is 37.1 Å². The van der Waals surface area contributed by atoms with Gasteiger partial charge in [-0.15, -0.1) is 0 Å². The van der Waals surface area contributed by atoms with Gasteiger partial charge in [0.05, 0.1) is 6.54 Å². The standard InChI is InChI=1S/C24H37N7O/c1-25-24(27-21-10-11-23-28-22(18-32-2)29-31(23)17-21)26-15-19-8-7-9-20(14-19)16-30-12-5-3-4-6-13-30/h7-9,14,21H,3-6,10-13,15-18H2,1-2H3,(H2,25,26,27). The lowest BCUT2D eigenvalue weighted by Gasteiger charge is -2.25. The molecule has 0 spiro atoms. The molecule has 32 heavy (non-hydrogen) atoms. The number of fused-ring (bicyclic) bond motifs is 1. The summed E-state index contributed by atoms with van der Waals surface area (Å²) < 4.78 is 7.15. The van der Waals surface area contributed by atoms with Crippen molar-refractivity contribution in [1.82, 2.24) is 30.3 Å². The molecule has 8 nitrogen and oxygen atoms in total. The summed E-state index contributed by atoms with van der Waals surface area (Å²) in [5.41, 5.74) is 2.68. The van der Waals surface area contributed by atoms with E-state index in [1.54, 1.807) is 7.11 Å². The number of hydrogen-bond acceptors (Lipinski definition) is 5. The van der Waals surface area contributed by atoms with Crippen molar-refractivity contribution in [1.29, 1.82) is 0 Å². The Labute approximate surface area is 191 Å². The molecule has 3 heterocycles. The van der Waals surface area contributed by atoms with Crippen LogP contribution in [0.15, 0.2) is 29.3 Å². The molecule has 0 amide bonds. The molecule has 2 aromatic rings. The molecule has 0 saturated carbocycles. The van der Waals surface area contributed by atoms with E-state index in [1.165, 1.54) is 49.9 Å². The van der Waals surface area contributed by atoms with Gasteiger partial charge >= 0.3 is 0 Å². The Morgan fingerprint density at radius 1 is 1.19 bits per heavy atom. The first-order valence-corrected chi connectivity index (χ1v) is 11.9. The van der Waals surface area contributed by atoms with Gasteiger partial charge in [0.25, 0.3) is 0 Å². The Hall–Kier alpha value is -2.45. The lowest BCUT2D eigenvalue weighted by Crippen LogP contribution is -2.46. The second kappa shape index (κ2) is 11.4. The number of guanidine groups is 1. The molecular formula is C24H37N7O. The van der Waals surface area contributed by atoms with Crippen molar-refractivity contribution in [3.63, 3.8) is 0 Å². The fourth-order valence-electron chi connectivity index (χ4n) is 4.63. The first-order valence-electron chi connectivity index (χ1n) is 11.9. The van der Waals surface area contributed by atoms with Crippen molar-refractivity contribution in [2.24, 2.45) is 4.99 Å². The third-order valence-corrected chi connectivity index (χ3v) is 6.30. The second-order valence-electron chi connectivity index (χ2n) is 8.88. The van der Waals surface area contributed by atoms with Crippen LogP contribution in [0, 0.1) is 0 Å². The van der Waals surface area contributed by atoms with Gasteiger partial charge in [0.15, 0.2) is 11.8 Å². The van der Waals surface area contributed by atoms with Gasteiger partial charge in [-0.05, 0) is 43.5 Å². The monoisotopic (exact) mass is 439 g/mol. The zero-order valence-electron chi connectivity index (χ0n) is 19.5. The molecule has 1 atom stereocenters. The van der Waals surface area contributed by atoms with E-state index in [1.807, 2.05) is 11.7 Å². The highest BCUT2D eigenvalue weighted by Gasteiger charge is 2.22. The Morgan fingerprint density at radius 2 is 2.00 bits per heavy atom. The third-order valence-electron chi connectivity index (χ3n) is 6.30. The summed E-state index contributed by atoms with van der Waals surface area (Å²) >= 11 is 0. The van der Waals surface area contributed by atoms with E-state index < -0.39 is 0 Å². The molecule has 1 saturated heterocycles. The van der Waals surface area contributed by atoms with Crippen LogP contribution in [0.2, 0.25) is 0 Å². The van der Waals surface area contributed by atoms with E-state index in [9.17, 15) is 0 Å². The molecule has 1 aromatic heterocycles. The van der Waals surface area contributed by atoms with Crippen LogP contribution >= 0.6 is 0 Å². The minimum atomic E-state index is 0.278. The number of aliphatic imine (C=N–C) groups is 1. The van der Waals surface area contributed by atoms with Crippen LogP contribution in [0.25, 0.3) is 0 Å². The molecule has 1 unspecified atom stereocenters. The zero-order chi connectivity index (χ0) is 22.2. The summed E-state index contributed by atoms with van der Waals surface area (Å²) in [7, 11) is 3.50. The number of methoxy groups -OCH3 is 1. The fourth-order valence-corrected chi connectivity index (χ4v) is 4.63. The zero-order valence-corrected chi connectivity index (χ0v) is 19.5. The van der Waals surface area contributed by atoms with E-state index in [0.717, 1.165) is 50.1 Å². The summed E-state index contributed by atoms with van der Waals surface area (Å²) in [5.74, 6) is 2.62. The molecule has 2 aliphatic rings. The van der Waals surface area contributed by atoms with Crippen molar-refractivity contribution in [3.05, 3.63) is 47.0 Å². The second-order valence-corrected chi connectivity index (χ2v) is 8.88. The molecule has 2 N–H and O–H groups in total. The molecule has 0 bridgehead atoms. The fraction of sp³-hybridized carbons (Fsp3) is 0.625. The Kier molecular flexibility index (Phi) is 8.12. The number of likely N-dealkylation sites (tertiary alicyclic amines) is 1. The van der Waals surface area contributed by atoms with Gasteiger partial charge in [-0.25, -0.2) is 9.67 Å². The van der Waals surface area contributed by atoms with Gasteiger partial charge in [0.1, 0.15) is 12.4 Å². The van der Waals surface area contributed by atoms with E-state index in [0.29, 0.717) is 6.61 Å². The van der Waals surface area contributed by atoms with Gasteiger partial charge in [0, 0.05) is 39.7 Å². The van der Waals surface area contributed by atoms with Crippen LogP contribution in [0.4, 0.5) is 0 Å². The van der Waals surface area contributed by atoms with Gasteiger partial charge in [-0.2, -0.15) is 5.10 Å². The molecule has 0 radical (unpaired) electrons. The van der Waals surface area contributed by atoms with E-state index in [4.69, 9.17) is 4.74 Å². The molecule has 8 heteroatoms. The van der Waals surface area contributed by atoms with Gasteiger partial charge < -0.3 is 15.4 Å². The SMILES string of the molecule is CN=C(NCc1cccc(CN2CCCCCC2)c1)NC1CCc2nc(COC)nn2C1. The summed E-state index contributed by atoms with van der Waals surface area (Å²) in [4.78, 5) is 11.6. The van der Waals surface area contributed by atoms with E-state index in [-0.39, 0.29) is 6.04 Å². The minimum Gasteiger partial charge on any atom is -0.377 e. The van der Waals surface area contributed by atoms with Crippen molar-refractivity contribution >= 4 is 5.96 Å². The third kappa shape index (κ3) is 6.29. The first-order chi connectivity index (χ1) is 15.7. The number of nitrogens with one attached hydrogen (secondary N) is 2. The predicted octanol–water partition coefficient (Wildman–Crippen LogP) is 2.48. The number of aryl methyl sites for hydroxylation is 1. The molecule has 2 aliphatic heterocycles. The molecule has 0 aliphatic carbocycles. The summed E-state index contributed by atoms with van der Waals surface area (Å²) in [6, 6.07) is 9.21. The minimum absolute atomic E-state index is 0.278. The molecule has 1 aromatic carbocycles. The van der Waals surface area contributed by atoms with Crippen molar-refractivity contribution in [2.75, 3.05) is 27.2 Å². The maximum Gasteiger partial charge on any atom is 0.191 e. The van der Waals surface area contributed by atoms with Crippen LogP contribution in [0.3, 0.4) is 0 Å². The molecule has 1 fully saturated rings. The van der Waals surface area contributed by atoms with Crippen molar-refractivity contribution < 1.29 is 4.74 Å². The molecule has 174 valence electrons. The largest absolute Gasteiger partial charge is 0.377 e. The lowest BCUT2D eigenvalue weighted by molar-refractivity contribution is 0.177. The first kappa shape index (κ1) is 22.7. The van der Waals surface area contributed by atoms with E-state index >= 15 is 0 Å². The van der Waals surface area contributed by atoms with Crippen LogP contribution in [0.5, 0.6) is 0 Å². The van der Waals surface area contributed by atoms with Crippen molar-refractivity contribution in [3.8, 4) is 0 Å². The average molecular weight is 440 g/mol. The Bertz CT molecular complexity index is 886. The van der Waals surface area contributed by atoms with Gasteiger partial charge in [-0.3, -0.25) is 9.89 Å². The van der Waals surface area contributed by atoms with Crippen LogP contribution in [0.1, 0.15) is 54.9 Å². The average Bonchev–Trinajstić information content (AvgIpc) is 3.02. The predicted molar refractivity (Wildman–Crippen MR) is 126 cm³/mol. The highest BCUT2D eigenvalue weighted by Crippen LogP contribution is 2.15. The van der Waals surface area contributed by atoms with Crippen LogP contribution in [-0.2, 0) is 37.4 Å². The quantitative estimate of drug-likeness (QED) is 0.510. The summed E-state index contributed by atoms with van der Waals surface area (Å²) in [6.07, 6.45) is 7.32. The maximum absolute atomic E-state index is 5.16. The van der Waals surface area contributed by atoms with E-state index in [2.05, 4.69) is 54.9 Å².